The van der Waals surface area contributed by atoms with Crippen molar-refractivity contribution in [1.82, 2.24) is 19.7 Å². The molecule has 1 atom stereocenters. The number of hydrogen-bond donors (Lipinski definition) is 1. The number of carbonyl (C=O) groups is 1. The highest BCUT2D eigenvalue weighted by Gasteiger charge is 2.27. The maximum Gasteiger partial charge on any atom is 0.273 e. The van der Waals surface area contributed by atoms with Crippen LogP contribution in [0.2, 0.25) is 0 Å². The van der Waals surface area contributed by atoms with E-state index in [2.05, 4.69) is 25.7 Å². The summed E-state index contributed by atoms with van der Waals surface area (Å²) in [4.78, 5) is 23.9. The molecule has 1 unspecified atom stereocenters. The second-order valence-corrected chi connectivity index (χ2v) is 7.32. The van der Waals surface area contributed by atoms with Gasteiger partial charge in [0.2, 0.25) is 5.89 Å². The van der Waals surface area contributed by atoms with E-state index < -0.39 is 0 Å². The SMILES string of the molecule is Cc1cn2cccc2c(N2CCC(NC(=O)c3coc(-c4ccccc4)n3)C2)n1. The fraction of sp³-hybridized carbons (Fsp3) is 0.227. The standard InChI is InChI=1S/C22H21N5O2/c1-15-12-26-10-5-8-19(26)20(23-15)27-11-9-17(13-27)24-21(28)18-14-29-22(25-18)16-6-3-2-4-7-16/h2-8,10,12,14,17H,9,11,13H2,1H3,(H,24,28). The van der Waals surface area contributed by atoms with Crippen LogP contribution in [0.4, 0.5) is 5.82 Å². The molecule has 0 saturated carbocycles. The lowest BCUT2D eigenvalue weighted by atomic mass is 10.2. The number of oxazole rings is 1. The van der Waals surface area contributed by atoms with Crippen molar-refractivity contribution in [2.24, 2.45) is 0 Å². The molecule has 0 bridgehead atoms. The van der Waals surface area contributed by atoms with Crippen molar-refractivity contribution in [3.63, 3.8) is 0 Å². The minimum absolute atomic E-state index is 0.0386. The van der Waals surface area contributed by atoms with Crippen LogP contribution in [0.25, 0.3) is 17.0 Å². The zero-order chi connectivity index (χ0) is 19.8. The zero-order valence-electron chi connectivity index (χ0n) is 16.1. The molecule has 1 fully saturated rings. The van der Waals surface area contributed by atoms with E-state index in [9.17, 15) is 4.79 Å². The van der Waals surface area contributed by atoms with Gasteiger partial charge in [0.15, 0.2) is 11.5 Å². The maximum absolute atomic E-state index is 12.6. The number of carbonyl (C=O) groups excluding carboxylic acids is 1. The van der Waals surface area contributed by atoms with Crippen LogP contribution in [0, 0.1) is 6.92 Å². The van der Waals surface area contributed by atoms with Crippen LogP contribution < -0.4 is 10.2 Å². The van der Waals surface area contributed by atoms with Crippen molar-refractivity contribution in [2.75, 3.05) is 18.0 Å². The largest absolute Gasteiger partial charge is 0.444 e. The van der Waals surface area contributed by atoms with E-state index in [0.29, 0.717) is 18.1 Å². The molecule has 0 spiro atoms. The van der Waals surface area contributed by atoms with Crippen LogP contribution in [0.3, 0.4) is 0 Å². The second-order valence-electron chi connectivity index (χ2n) is 7.32. The van der Waals surface area contributed by atoms with Gasteiger partial charge in [-0.15, -0.1) is 0 Å². The summed E-state index contributed by atoms with van der Waals surface area (Å²) >= 11 is 0. The molecule has 29 heavy (non-hydrogen) atoms. The number of nitrogens with zero attached hydrogens (tertiary/aromatic N) is 4. The molecular formula is C22H21N5O2. The Morgan fingerprint density at radius 3 is 2.90 bits per heavy atom. The van der Waals surface area contributed by atoms with E-state index in [4.69, 9.17) is 9.40 Å². The smallest absolute Gasteiger partial charge is 0.273 e. The first kappa shape index (κ1) is 17.5. The molecule has 0 radical (unpaired) electrons. The first-order valence-electron chi connectivity index (χ1n) is 9.68. The fourth-order valence-corrected chi connectivity index (χ4v) is 3.80. The predicted molar refractivity (Wildman–Crippen MR) is 110 cm³/mol. The van der Waals surface area contributed by atoms with E-state index in [1.54, 1.807) is 0 Å². The van der Waals surface area contributed by atoms with Crippen molar-refractivity contribution in [2.45, 2.75) is 19.4 Å². The van der Waals surface area contributed by atoms with Crippen LogP contribution in [-0.2, 0) is 0 Å². The lowest BCUT2D eigenvalue weighted by Gasteiger charge is -2.19. The Balaban J connectivity index is 1.28. The van der Waals surface area contributed by atoms with Gasteiger partial charge in [-0.3, -0.25) is 4.79 Å². The van der Waals surface area contributed by atoms with Crippen LogP contribution in [0.5, 0.6) is 0 Å². The molecule has 1 aliphatic heterocycles. The van der Waals surface area contributed by atoms with Gasteiger partial charge in [-0.25, -0.2) is 9.97 Å². The number of hydrogen-bond acceptors (Lipinski definition) is 5. The third-order valence-corrected chi connectivity index (χ3v) is 5.20. The van der Waals surface area contributed by atoms with E-state index in [1.165, 1.54) is 6.26 Å². The summed E-state index contributed by atoms with van der Waals surface area (Å²) in [5.74, 6) is 1.19. The minimum Gasteiger partial charge on any atom is -0.444 e. The molecule has 0 aliphatic carbocycles. The number of aromatic nitrogens is 3. The van der Waals surface area contributed by atoms with Gasteiger partial charge in [-0.05, 0) is 37.6 Å². The van der Waals surface area contributed by atoms with E-state index in [-0.39, 0.29) is 11.9 Å². The van der Waals surface area contributed by atoms with Gasteiger partial charge >= 0.3 is 0 Å². The number of aryl methyl sites for hydroxylation is 1. The molecule has 1 saturated heterocycles. The quantitative estimate of drug-likeness (QED) is 0.581. The molecule has 1 aliphatic rings. The third kappa shape index (κ3) is 3.35. The van der Waals surface area contributed by atoms with Gasteiger partial charge in [-0.2, -0.15) is 0 Å². The Labute approximate surface area is 168 Å². The first-order chi connectivity index (χ1) is 14.2. The minimum atomic E-state index is -0.215. The number of amides is 1. The van der Waals surface area contributed by atoms with Crippen LogP contribution >= 0.6 is 0 Å². The Morgan fingerprint density at radius 2 is 2.03 bits per heavy atom. The van der Waals surface area contributed by atoms with Crippen molar-refractivity contribution < 1.29 is 9.21 Å². The lowest BCUT2D eigenvalue weighted by Crippen LogP contribution is -2.37. The van der Waals surface area contributed by atoms with Crippen LogP contribution in [0.1, 0.15) is 22.6 Å². The summed E-state index contributed by atoms with van der Waals surface area (Å²) in [7, 11) is 0. The van der Waals surface area contributed by atoms with Crippen molar-refractivity contribution in [1.29, 1.82) is 0 Å². The molecule has 1 amide bonds. The Bertz CT molecular complexity index is 1160. The number of fused-ring (bicyclic) bond motifs is 1. The summed E-state index contributed by atoms with van der Waals surface area (Å²) in [5, 5.41) is 3.08. The van der Waals surface area contributed by atoms with Crippen LogP contribution in [0.15, 0.2) is 65.5 Å². The average molecular weight is 387 g/mol. The molecule has 7 heteroatoms. The van der Waals surface area contributed by atoms with Gasteiger partial charge in [0, 0.05) is 37.1 Å². The monoisotopic (exact) mass is 387 g/mol. The number of benzene rings is 1. The second kappa shape index (κ2) is 7.09. The summed E-state index contributed by atoms with van der Waals surface area (Å²) in [6, 6.07) is 13.7. The first-order valence-corrected chi connectivity index (χ1v) is 9.68. The lowest BCUT2D eigenvalue weighted by molar-refractivity contribution is 0.0935. The van der Waals surface area contributed by atoms with Gasteiger partial charge in [0.05, 0.1) is 11.2 Å². The van der Waals surface area contributed by atoms with Crippen molar-refractivity contribution in [3.8, 4) is 11.5 Å². The summed E-state index contributed by atoms with van der Waals surface area (Å²) < 4.78 is 7.57. The van der Waals surface area contributed by atoms with E-state index in [1.807, 2.05) is 55.7 Å². The Kier molecular flexibility index (Phi) is 4.27. The molecule has 4 aromatic rings. The molecule has 3 aromatic heterocycles. The number of rotatable bonds is 4. The van der Waals surface area contributed by atoms with Gasteiger partial charge in [0.1, 0.15) is 6.26 Å². The summed E-state index contributed by atoms with van der Waals surface area (Å²) in [6.45, 7) is 3.55. The number of nitrogens with one attached hydrogen (secondary N) is 1. The van der Waals surface area contributed by atoms with Gasteiger partial charge in [-0.1, -0.05) is 18.2 Å². The maximum atomic E-state index is 12.6. The molecule has 5 rings (SSSR count). The zero-order valence-corrected chi connectivity index (χ0v) is 16.1. The normalized spacial score (nSPS) is 16.4. The topological polar surface area (TPSA) is 75.7 Å². The molecule has 1 N–H and O–H groups in total. The van der Waals surface area contributed by atoms with Crippen molar-refractivity contribution in [3.05, 3.63) is 72.5 Å². The van der Waals surface area contributed by atoms with E-state index in [0.717, 1.165) is 35.6 Å². The average Bonchev–Trinajstić information content (AvgIpc) is 3.48. The predicted octanol–water partition coefficient (Wildman–Crippen LogP) is 3.31. The molecule has 4 heterocycles. The van der Waals surface area contributed by atoms with Gasteiger partial charge in [0.25, 0.3) is 5.91 Å². The Morgan fingerprint density at radius 1 is 1.17 bits per heavy atom. The van der Waals surface area contributed by atoms with Crippen LogP contribution in [-0.4, -0.2) is 39.4 Å². The highest BCUT2D eigenvalue weighted by atomic mass is 16.3. The summed E-state index contributed by atoms with van der Waals surface area (Å²) in [5.41, 5.74) is 3.18. The molecule has 146 valence electrons. The molecule has 1 aromatic carbocycles. The fourth-order valence-electron chi connectivity index (χ4n) is 3.80. The molecule has 7 nitrogen and oxygen atoms in total. The Hall–Kier alpha value is -3.61. The summed E-state index contributed by atoms with van der Waals surface area (Å²) in [6.07, 6.45) is 6.31. The van der Waals surface area contributed by atoms with Gasteiger partial charge < -0.3 is 19.0 Å². The van der Waals surface area contributed by atoms with E-state index >= 15 is 0 Å². The third-order valence-electron chi connectivity index (χ3n) is 5.20. The molecular weight excluding hydrogens is 366 g/mol. The number of anilines is 1. The highest BCUT2D eigenvalue weighted by Crippen LogP contribution is 2.25. The highest BCUT2D eigenvalue weighted by molar-refractivity contribution is 5.92. The van der Waals surface area contributed by atoms with Crippen molar-refractivity contribution >= 4 is 17.2 Å².